The molecule has 5 heteroatoms. The molecule has 0 radical (unpaired) electrons. The highest BCUT2D eigenvalue weighted by Crippen LogP contribution is 2.37. The second-order valence-corrected chi connectivity index (χ2v) is 7.15. The van der Waals surface area contributed by atoms with Gasteiger partial charge in [0, 0.05) is 5.41 Å². The van der Waals surface area contributed by atoms with Crippen molar-refractivity contribution in [2.75, 3.05) is 13.2 Å². The van der Waals surface area contributed by atoms with E-state index in [1.807, 2.05) is 30.3 Å². The summed E-state index contributed by atoms with van der Waals surface area (Å²) in [7, 11) is 0. The molecular weight excluding hydrogens is 348 g/mol. The SMILES string of the molecule is CC1(C)COC(c2cc(Br)c(C(O)c3ccccc3)o2)OC1. The number of benzene rings is 1. The summed E-state index contributed by atoms with van der Waals surface area (Å²) in [4.78, 5) is 0. The van der Waals surface area contributed by atoms with Gasteiger partial charge in [0.2, 0.25) is 6.29 Å². The van der Waals surface area contributed by atoms with Gasteiger partial charge in [-0.25, -0.2) is 0 Å². The quantitative estimate of drug-likeness (QED) is 0.884. The predicted octanol–water partition coefficient (Wildman–Crippen LogP) is 4.20. The number of ether oxygens (including phenoxy) is 2. The smallest absolute Gasteiger partial charge is 0.217 e. The Hall–Kier alpha value is -1.14. The number of halogens is 1. The van der Waals surface area contributed by atoms with E-state index in [4.69, 9.17) is 13.9 Å². The number of aliphatic hydroxyl groups is 1. The highest BCUT2D eigenvalue weighted by atomic mass is 79.9. The van der Waals surface area contributed by atoms with Crippen LogP contribution in [0.25, 0.3) is 0 Å². The Morgan fingerprint density at radius 2 is 1.82 bits per heavy atom. The molecule has 2 heterocycles. The fourth-order valence-corrected chi connectivity index (χ4v) is 2.87. The van der Waals surface area contributed by atoms with Gasteiger partial charge in [-0.2, -0.15) is 0 Å². The lowest BCUT2D eigenvalue weighted by molar-refractivity contribution is -0.233. The molecule has 1 N–H and O–H groups in total. The first-order chi connectivity index (χ1) is 10.5. The van der Waals surface area contributed by atoms with E-state index in [9.17, 15) is 5.11 Å². The van der Waals surface area contributed by atoms with Gasteiger partial charge < -0.3 is 19.0 Å². The Bertz CT molecular complexity index is 625. The van der Waals surface area contributed by atoms with Crippen LogP contribution in [0, 0.1) is 5.41 Å². The van der Waals surface area contributed by atoms with Crippen molar-refractivity contribution in [1.82, 2.24) is 0 Å². The van der Waals surface area contributed by atoms with Crippen molar-refractivity contribution >= 4 is 15.9 Å². The third-order valence-corrected chi connectivity index (χ3v) is 4.20. The van der Waals surface area contributed by atoms with Gasteiger partial charge >= 0.3 is 0 Å². The van der Waals surface area contributed by atoms with Crippen LogP contribution < -0.4 is 0 Å². The number of furan rings is 1. The molecule has 0 amide bonds. The molecule has 1 aromatic carbocycles. The molecule has 118 valence electrons. The third-order valence-electron chi connectivity index (χ3n) is 3.58. The largest absolute Gasteiger partial charge is 0.456 e. The van der Waals surface area contributed by atoms with Crippen LogP contribution in [-0.4, -0.2) is 18.3 Å². The molecule has 1 fully saturated rings. The Morgan fingerprint density at radius 1 is 1.18 bits per heavy atom. The molecular formula is C17H19BrO4. The van der Waals surface area contributed by atoms with Crippen LogP contribution in [0.3, 0.4) is 0 Å². The molecule has 3 rings (SSSR count). The lowest BCUT2D eigenvalue weighted by Gasteiger charge is -2.33. The van der Waals surface area contributed by atoms with E-state index in [0.29, 0.717) is 29.2 Å². The highest BCUT2D eigenvalue weighted by Gasteiger charge is 2.32. The zero-order chi connectivity index (χ0) is 15.7. The lowest BCUT2D eigenvalue weighted by atomic mass is 9.95. The van der Waals surface area contributed by atoms with Crippen molar-refractivity contribution in [3.05, 3.63) is 58.0 Å². The molecule has 0 spiro atoms. The fraction of sp³-hybridized carbons (Fsp3) is 0.412. The second-order valence-electron chi connectivity index (χ2n) is 6.29. The van der Waals surface area contributed by atoms with Gasteiger partial charge in [0.1, 0.15) is 6.10 Å². The molecule has 1 saturated heterocycles. The number of rotatable bonds is 3. The summed E-state index contributed by atoms with van der Waals surface area (Å²) in [6, 6.07) is 11.2. The van der Waals surface area contributed by atoms with E-state index in [2.05, 4.69) is 29.8 Å². The molecule has 0 saturated carbocycles. The van der Waals surface area contributed by atoms with E-state index in [0.717, 1.165) is 5.56 Å². The average Bonchev–Trinajstić information content (AvgIpc) is 2.89. The minimum absolute atomic E-state index is 0.00665. The van der Waals surface area contributed by atoms with Crippen LogP contribution in [0.15, 0.2) is 45.3 Å². The molecule has 2 aromatic rings. The summed E-state index contributed by atoms with van der Waals surface area (Å²) in [5.41, 5.74) is 0.780. The maximum Gasteiger partial charge on any atom is 0.217 e. The predicted molar refractivity (Wildman–Crippen MR) is 85.3 cm³/mol. The van der Waals surface area contributed by atoms with Crippen molar-refractivity contribution < 1.29 is 19.0 Å². The van der Waals surface area contributed by atoms with Crippen molar-refractivity contribution in [3.63, 3.8) is 0 Å². The highest BCUT2D eigenvalue weighted by molar-refractivity contribution is 9.10. The van der Waals surface area contributed by atoms with Gasteiger partial charge in [0.05, 0.1) is 17.7 Å². The van der Waals surface area contributed by atoms with Gasteiger partial charge in [-0.1, -0.05) is 44.2 Å². The van der Waals surface area contributed by atoms with Crippen LogP contribution in [-0.2, 0) is 9.47 Å². The summed E-state index contributed by atoms with van der Waals surface area (Å²) < 4.78 is 17.9. The van der Waals surface area contributed by atoms with E-state index < -0.39 is 12.4 Å². The summed E-state index contributed by atoms with van der Waals surface area (Å²) in [6.07, 6.45) is -1.36. The van der Waals surface area contributed by atoms with E-state index in [-0.39, 0.29) is 5.41 Å². The zero-order valence-corrected chi connectivity index (χ0v) is 14.2. The first-order valence-electron chi connectivity index (χ1n) is 7.22. The normalized spacial score (nSPS) is 20.0. The second kappa shape index (κ2) is 6.16. The lowest BCUT2D eigenvalue weighted by Crippen LogP contribution is -2.33. The van der Waals surface area contributed by atoms with Crippen LogP contribution in [0.2, 0.25) is 0 Å². The Labute approximate surface area is 138 Å². The molecule has 22 heavy (non-hydrogen) atoms. The minimum Gasteiger partial charge on any atom is -0.456 e. The van der Waals surface area contributed by atoms with Crippen LogP contribution in [0.1, 0.15) is 43.3 Å². The van der Waals surface area contributed by atoms with Gasteiger partial charge in [-0.05, 0) is 27.6 Å². The van der Waals surface area contributed by atoms with Crippen molar-refractivity contribution in [1.29, 1.82) is 0 Å². The van der Waals surface area contributed by atoms with Crippen LogP contribution in [0.5, 0.6) is 0 Å². The summed E-state index contributed by atoms with van der Waals surface area (Å²) >= 11 is 3.44. The molecule has 1 aromatic heterocycles. The fourth-order valence-electron chi connectivity index (χ4n) is 2.35. The Morgan fingerprint density at radius 3 is 2.45 bits per heavy atom. The average molecular weight is 367 g/mol. The van der Waals surface area contributed by atoms with Crippen molar-refractivity contribution in [3.8, 4) is 0 Å². The summed E-state index contributed by atoms with van der Waals surface area (Å²) in [5.74, 6) is 1.02. The van der Waals surface area contributed by atoms with E-state index >= 15 is 0 Å². The van der Waals surface area contributed by atoms with Crippen LogP contribution >= 0.6 is 15.9 Å². The molecule has 4 nitrogen and oxygen atoms in total. The zero-order valence-electron chi connectivity index (χ0n) is 12.6. The molecule has 1 aliphatic rings. The number of hydrogen-bond donors (Lipinski definition) is 1. The number of hydrogen-bond acceptors (Lipinski definition) is 4. The molecule has 1 aliphatic heterocycles. The summed E-state index contributed by atoms with van der Waals surface area (Å²) in [6.45, 7) is 5.39. The molecule has 1 unspecified atom stereocenters. The van der Waals surface area contributed by atoms with Crippen LogP contribution in [0.4, 0.5) is 0 Å². The molecule has 1 atom stereocenters. The monoisotopic (exact) mass is 366 g/mol. The van der Waals surface area contributed by atoms with Gasteiger partial charge in [0.25, 0.3) is 0 Å². The minimum atomic E-state index is -0.829. The third kappa shape index (κ3) is 3.27. The first-order valence-corrected chi connectivity index (χ1v) is 8.01. The Balaban J connectivity index is 1.80. The van der Waals surface area contributed by atoms with Gasteiger partial charge in [0.15, 0.2) is 11.5 Å². The van der Waals surface area contributed by atoms with Gasteiger partial charge in [-0.3, -0.25) is 0 Å². The molecule has 0 aliphatic carbocycles. The molecule has 0 bridgehead atoms. The first kappa shape index (κ1) is 15.7. The Kier molecular flexibility index (Phi) is 4.41. The van der Waals surface area contributed by atoms with Crippen molar-refractivity contribution in [2.45, 2.75) is 26.2 Å². The topological polar surface area (TPSA) is 51.8 Å². The standard InChI is InChI=1S/C17H19BrO4/c1-17(2)9-20-16(21-10-17)13-8-12(18)15(22-13)14(19)11-6-4-3-5-7-11/h3-8,14,16,19H,9-10H2,1-2H3. The summed E-state index contributed by atoms with van der Waals surface area (Å²) in [5, 5.41) is 10.5. The van der Waals surface area contributed by atoms with E-state index in [1.165, 1.54) is 0 Å². The maximum atomic E-state index is 10.5. The van der Waals surface area contributed by atoms with E-state index in [1.54, 1.807) is 6.07 Å². The maximum absolute atomic E-state index is 10.5. The van der Waals surface area contributed by atoms with Gasteiger partial charge in [-0.15, -0.1) is 0 Å². The van der Waals surface area contributed by atoms with Crippen molar-refractivity contribution in [2.24, 2.45) is 5.41 Å². The number of aliphatic hydroxyl groups excluding tert-OH is 1.